The highest BCUT2D eigenvalue weighted by Gasteiger charge is 2.25. The molecule has 0 bridgehead atoms. The molecule has 0 spiro atoms. The Morgan fingerprint density at radius 1 is 1.22 bits per heavy atom. The number of fused-ring (bicyclic) bond motifs is 1. The quantitative estimate of drug-likeness (QED) is 0.242. The van der Waals surface area contributed by atoms with E-state index in [4.69, 9.17) is 11.5 Å². The molecule has 32 heavy (non-hydrogen) atoms. The maximum atomic E-state index is 12.8. The Kier molecular flexibility index (Phi) is 5.41. The van der Waals surface area contributed by atoms with Crippen LogP contribution in [0.2, 0.25) is 0 Å². The van der Waals surface area contributed by atoms with Crippen LogP contribution in [-0.2, 0) is 4.79 Å². The minimum atomic E-state index is -1.24. The lowest BCUT2D eigenvalue weighted by Crippen LogP contribution is -2.33. The number of thiophene rings is 1. The number of benzene rings is 1. The molecule has 8 N–H and O–H groups in total. The summed E-state index contributed by atoms with van der Waals surface area (Å²) < 4.78 is 0. The van der Waals surface area contributed by atoms with Crippen molar-refractivity contribution < 1.29 is 14.7 Å². The lowest BCUT2D eigenvalue weighted by atomic mass is 10.0. The van der Waals surface area contributed by atoms with Gasteiger partial charge in [-0.05, 0) is 35.4 Å². The third kappa shape index (κ3) is 3.93. The number of rotatable bonds is 6. The molecule has 0 aliphatic rings. The van der Waals surface area contributed by atoms with E-state index in [2.05, 4.69) is 20.3 Å². The van der Waals surface area contributed by atoms with Crippen molar-refractivity contribution in [3.05, 3.63) is 73.8 Å². The van der Waals surface area contributed by atoms with Crippen LogP contribution in [0.4, 0.5) is 11.6 Å². The van der Waals surface area contributed by atoms with Crippen LogP contribution in [0.1, 0.15) is 44.6 Å². The van der Waals surface area contributed by atoms with Crippen molar-refractivity contribution in [2.75, 3.05) is 11.5 Å². The molecule has 10 nitrogen and oxygen atoms in total. The molecule has 0 aliphatic carbocycles. The van der Waals surface area contributed by atoms with E-state index in [1.54, 1.807) is 36.5 Å². The van der Waals surface area contributed by atoms with E-state index < -0.39 is 17.9 Å². The molecule has 2 unspecified atom stereocenters. The molecule has 0 aliphatic heterocycles. The first-order valence-corrected chi connectivity index (χ1v) is 10.4. The number of carbonyl (C=O) groups excluding carboxylic acids is 1. The lowest BCUT2D eigenvalue weighted by Gasteiger charge is -2.15. The molecule has 0 saturated heterocycles. The van der Waals surface area contributed by atoms with Gasteiger partial charge in [0.25, 0.3) is 11.5 Å². The van der Waals surface area contributed by atoms with Crippen LogP contribution in [0.5, 0.6) is 0 Å². The number of amides is 1. The van der Waals surface area contributed by atoms with Crippen molar-refractivity contribution in [1.29, 1.82) is 0 Å². The lowest BCUT2D eigenvalue weighted by molar-refractivity contribution is -0.139. The van der Waals surface area contributed by atoms with Crippen LogP contribution >= 0.6 is 11.3 Å². The largest absolute Gasteiger partial charge is 0.479 e. The number of nitrogens with zero attached hydrogens (tertiary/aromatic N) is 1. The molecular formula is C21H20N6O4S. The third-order valence-electron chi connectivity index (χ3n) is 5.10. The minimum Gasteiger partial charge on any atom is -0.479 e. The molecule has 164 valence electrons. The van der Waals surface area contributed by atoms with Gasteiger partial charge < -0.3 is 26.9 Å². The molecule has 1 amide bonds. The summed E-state index contributed by atoms with van der Waals surface area (Å²) in [4.78, 5) is 47.5. The number of aliphatic carboxylic acids is 1. The fourth-order valence-corrected chi connectivity index (χ4v) is 4.49. The Bertz CT molecular complexity index is 1390. The molecule has 2 atom stereocenters. The number of hydrogen-bond acceptors (Lipinski definition) is 7. The molecule has 0 radical (unpaired) electrons. The summed E-state index contributed by atoms with van der Waals surface area (Å²) >= 11 is 1.22. The first-order chi connectivity index (χ1) is 15.2. The maximum Gasteiger partial charge on any atom is 0.330 e. The van der Waals surface area contributed by atoms with Gasteiger partial charge in [-0.2, -0.15) is 4.98 Å². The molecule has 0 fully saturated rings. The summed E-state index contributed by atoms with van der Waals surface area (Å²) in [6, 6.07) is 8.53. The number of aromatic nitrogens is 3. The second kappa shape index (κ2) is 8.19. The highest BCUT2D eigenvalue weighted by Crippen LogP contribution is 2.33. The smallest absolute Gasteiger partial charge is 0.330 e. The number of aromatic amines is 2. The van der Waals surface area contributed by atoms with Gasteiger partial charge in [-0.3, -0.25) is 14.6 Å². The van der Waals surface area contributed by atoms with E-state index in [1.807, 2.05) is 6.92 Å². The number of nitrogens with two attached hydrogens (primary N) is 2. The molecule has 11 heteroatoms. The van der Waals surface area contributed by atoms with Crippen LogP contribution in [0, 0.1) is 0 Å². The Labute approximate surface area is 185 Å². The average molecular weight is 452 g/mol. The molecule has 3 heterocycles. The predicted octanol–water partition coefficient (Wildman–Crippen LogP) is 2.18. The fourth-order valence-electron chi connectivity index (χ4n) is 3.51. The summed E-state index contributed by atoms with van der Waals surface area (Å²) in [5.74, 6) is -1.91. The van der Waals surface area contributed by atoms with Crippen molar-refractivity contribution in [3.63, 3.8) is 0 Å². The number of H-pyrrole nitrogens is 2. The van der Waals surface area contributed by atoms with Gasteiger partial charge in [0.1, 0.15) is 5.65 Å². The number of carboxylic acids is 1. The Balaban J connectivity index is 1.59. The van der Waals surface area contributed by atoms with Gasteiger partial charge in [-0.1, -0.05) is 19.1 Å². The fraction of sp³-hybridized carbons (Fsp3) is 0.143. The zero-order valence-corrected chi connectivity index (χ0v) is 17.7. The van der Waals surface area contributed by atoms with Crippen LogP contribution in [-0.4, -0.2) is 31.9 Å². The van der Waals surface area contributed by atoms with Crippen molar-refractivity contribution in [3.8, 4) is 0 Å². The normalized spacial score (nSPS) is 13.0. The zero-order chi connectivity index (χ0) is 23.0. The van der Waals surface area contributed by atoms with Crippen molar-refractivity contribution in [2.45, 2.75) is 18.9 Å². The SMILES string of the molecule is CC(c1ccc(C(=O)NC(C(=O)O)c2cccc(N)c2)s1)c1c[nH]c2nc(N)[nH]c(=O)c12. The summed E-state index contributed by atoms with van der Waals surface area (Å²) in [7, 11) is 0. The van der Waals surface area contributed by atoms with Gasteiger partial charge in [0, 0.05) is 22.7 Å². The number of carbonyl (C=O) groups is 2. The highest BCUT2D eigenvalue weighted by molar-refractivity contribution is 7.14. The monoisotopic (exact) mass is 452 g/mol. The van der Waals surface area contributed by atoms with Gasteiger partial charge in [0.05, 0.1) is 10.3 Å². The van der Waals surface area contributed by atoms with E-state index in [0.29, 0.717) is 32.7 Å². The molecule has 0 saturated carbocycles. The molecular weight excluding hydrogens is 432 g/mol. The predicted molar refractivity (Wildman–Crippen MR) is 122 cm³/mol. The topological polar surface area (TPSA) is 180 Å². The minimum absolute atomic E-state index is 0.0202. The molecule has 4 aromatic rings. The number of hydrogen-bond donors (Lipinski definition) is 6. The standard InChI is InChI=1S/C21H20N6O4S/c1-9(12-8-24-17-15(12)19(29)27-21(23)26-17)13-5-6-14(32-13)18(28)25-16(20(30)31)10-3-2-4-11(22)7-10/h2-9,16H,22H2,1H3,(H,25,28)(H,30,31)(H4,23,24,26,27,29). The van der Waals surface area contributed by atoms with Gasteiger partial charge in [-0.25, -0.2) is 4.79 Å². The van der Waals surface area contributed by atoms with E-state index in [1.165, 1.54) is 17.4 Å². The van der Waals surface area contributed by atoms with Crippen LogP contribution in [0.15, 0.2) is 47.4 Å². The highest BCUT2D eigenvalue weighted by atomic mass is 32.1. The number of anilines is 2. The van der Waals surface area contributed by atoms with Crippen molar-refractivity contribution in [2.24, 2.45) is 0 Å². The summed E-state index contributed by atoms with van der Waals surface area (Å²) in [6.45, 7) is 1.90. The zero-order valence-electron chi connectivity index (χ0n) is 16.9. The molecule has 4 rings (SSSR count). The van der Waals surface area contributed by atoms with E-state index >= 15 is 0 Å². The van der Waals surface area contributed by atoms with Crippen LogP contribution in [0.25, 0.3) is 11.0 Å². The first-order valence-electron chi connectivity index (χ1n) is 9.60. The van der Waals surface area contributed by atoms with Gasteiger partial charge >= 0.3 is 5.97 Å². The van der Waals surface area contributed by atoms with E-state index in [-0.39, 0.29) is 17.4 Å². The molecule has 1 aromatic carbocycles. The first kappa shape index (κ1) is 21.1. The van der Waals surface area contributed by atoms with Crippen LogP contribution in [0.3, 0.4) is 0 Å². The van der Waals surface area contributed by atoms with Crippen LogP contribution < -0.4 is 22.3 Å². The van der Waals surface area contributed by atoms with E-state index in [0.717, 1.165) is 4.88 Å². The van der Waals surface area contributed by atoms with Gasteiger partial charge in [-0.15, -0.1) is 11.3 Å². The second-order valence-corrected chi connectivity index (χ2v) is 8.37. The second-order valence-electron chi connectivity index (χ2n) is 7.26. The summed E-state index contributed by atoms with van der Waals surface area (Å²) in [5, 5.41) is 12.5. The van der Waals surface area contributed by atoms with Gasteiger partial charge in [0.2, 0.25) is 5.95 Å². The number of nitrogen functional groups attached to an aromatic ring is 2. The maximum absolute atomic E-state index is 12.8. The van der Waals surface area contributed by atoms with E-state index in [9.17, 15) is 19.5 Å². The Hall–Kier alpha value is -4.12. The Morgan fingerprint density at radius 3 is 2.72 bits per heavy atom. The molecule has 3 aromatic heterocycles. The number of carboxylic acid groups (broad SMARTS) is 1. The van der Waals surface area contributed by atoms with Gasteiger partial charge in [0.15, 0.2) is 6.04 Å². The third-order valence-corrected chi connectivity index (χ3v) is 6.37. The average Bonchev–Trinajstić information content (AvgIpc) is 3.38. The van der Waals surface area contributed by atoms with Crippen molar-refractivity contribution >= 4 is 45.9 Å². The summed E-state index contributed by atoms with van der Waals surface area (Å²) in [5.41, 5.74) is 12.9. The number of nitrogens with one attached hydrogen (secondary N) is 3. The Morgan fingerprint density at radius 2 is 2.00 bits per heavy atom. The van der Waals surface area contributed by atoms with Crippen molar-refractivity contribution in [1.82, 2.24) is 20.3 Å². The summed E-state index contributed by atoms with van der Waals surface area (Å²) in [6.07, 6.45) is 1.69.